The molecule has 0 aromatic heterocycles. The number of carbonyl (C=O) groups excluding carboxylic acids is 1. The molecule has 172 valence electrons. The number of fused-ring (bicyclic) bond motifs is 1. The molecule has 31 heavy (non-hydrogen) atoms. The van der Waals surface area contributed by atoms with Gasteiger partial charge in [-0.3, -0.25) is 0 Å². The Labute approximate surface area is 188 Å². The molecular formula is C26H41N3O2. The number of carbonyl (C=O) groups is 1. The van der Waals surface area contributed by atoms with Gasteiger partial charge < -0.3 is 19.9 Å². The highest BCUT2D eigenvalue weighted by Gasteiger charge is 2.36. The van der Waals surface area contributed by atoms with Gasteiger partial charge in [0.1, 0.15) is 5.75 Å². The molecule has 1 saturated carbocycles. The maximum atomic E-state index is 13.5. The van der Waals surface area contributed by atoms with Gasteiger partial charge in [-0.25, -0.2) is 4.79 Å². The smallest absolute Gasteiger partial charge is 0.317 e. The van der Waals surface area contributed by atoms with Gasteiger partial charge in [0.25, 0.3) is 0 Å². The number of hydrogen-bond donors (Lipinski definition) is 1. The Hall–Kier alpha value is -1.75. The van der Waals surface area contributed by atoms with Crippen LogP contribution in [0.2, 0.25) is 0 Å². The Bertz CT molecular complexity index is 714. The average molecular weight is 428 g/mol. The van der Waals surface area contributed by atoms with Crippen molar-refractivity contribution in [1.29, 1.82) is 0 Å². The highest BCUT2D eigenvalue weighted by Crippen LogP contribution is 2.34. The third-order valence-corrected chi connectivity index (χ3v) is 7.57. The van der Waals surface area contributed by atoms with E-state index in [1.807, 2.05) is 12.1 Å². The number of methoxy groups -OCH3 is 1. The average Bonchev–Trinajstić information content (AvgIpc) is 3.61. The third-order valence-electron chi connectivity index (χ3n) is 7.57. The molecule has 0 bridgehead atoms. The quantitative estimate of drug-likeness (QED) is 0.629. The number of nitrogens with zero attached hydrogens (tertiary/aromatic N) is 2. The van der Waals surface area contributed by atoms with E-state index in [0.717, 1.165) is 24.4 Å². The van der Waals surface area contributed by atoms with Crippen molar-refractivity contribution < 1.29 is 9.53 Å². The van der Waals surface area contributed by atoms with Crippen LogP contribution in [0.25, 0.3) is 0 Å². The molecule has 0 radical (unpaired) electrons. The van der Waals surface area contributed by atoms with E-state index in [2.05, 4.69) is 41.1 Å². The lowest BCUT2D eigenvalue weighted by Crippen LogP contribution is -2.53. The number of hydrogen-bond acceptors (Lipinski definition) is 3. The number of piperidine rings is 2. The maximum Gasteiger partial charge on any atom is 0.317 e. The second-order valence-corrected chi connectivity index (χ2v) is 10.3. The monoisotopic (exact) mass is 427 g/mol. The summed E-state index contributed by atoms with van der Waals surface area (Å²) in [6.07, 6.45) is 9.09. The minimum absolute atomic E-state index is 0.0117. The number of rotatable bonds is 8. The molecule has 1 aromatic rings. The molecule has 0 spiro atoms. The molecule has 1 aromatic carbocycles. The van der Waals surface area contributed by atoms with Crippen molar-refractivity contribution in [1.82, 2.24) is 15.1 Å². The van der Waals surface area contributed by atoms with E-state index in [1.165, 1.54) is 58.0 Å². The van der Waals surface area contributed by atoms with Crippen molar-refractivity contribution in [3.8, 4) is 5.75 Å². The van der Waals surface area contributed by atoms with Crippen molar-refractivity contribution in [2.45, 2.75) is 70.9 Å². The molecule has 3 unspecified atom stereocenters. The van der Waals surface area contributed by atoms with E-state index < -0.39 is 0 Å². The first-order valence-electron chi connectivity index (χ1n) is 12.5. The first-order valence-corrected chi connectivity index (χ1v) is 12.5. The van der Waals surface area contributed by atoms with Crippen LogP contribution in [0.4, 0.5) is 4.79 Å². The molecule has 5 nitrogen and oxygen atoms in total. The van der Waals surface area contributed by atoms with E-state index in [0.29, 0.717) is 23.8 Å². The zero-order chi connectivity index (χ0) is 21.8. The van der Waals surface area contributed by atoms with Crippen LogP contribution in [-0.4, -0.2) is 55.2 Å². The van der Waals surface area contributed by atoms with E-state index >= 15 is 0 Å². The van der Waals surface area contributed by atoms with Crippen LogP contribution in [0.5, 0.6) is 5.75 Å². The van der Waals surface area contributed by atoms with Gasteiger partial charge in [-0.05, 0) is 87.1 Å². The van der Waals surface area contributed by atoms with Crippen molar-refractivity contribution in [2.24, 2.45) is 17.8 Å². The molecule has 3 atom stereocenters. The molecule has 1 N–H and O–H groups in total. The zero-order valence-corrected chi connectivity index (χ0v) is 19.7. The SMILES string of the molecule is COc1ccc(C(NC(=O)N(CC2CC2)CC2CCCN3CCCCC23)C(C)C)cc1. The predicted molar refractivity (Wildman–Crippen MR) is 125 cm³/mol. The van der Waals surface area contributed by atoms with Crippen molar-refractivity contribution in [2.75, 3.05) is 33.3 Å². The molecule has 3 aliphatic rings. The molecule has 2 aliphatic heterocycles. The second kappa shape index (κ2) is 10.2. The second-order valence-electron chi connectivity index (χ2n) is 10.3. The van der Waals surface area contributed by atoms with Gasteiger partial charge in [0.15, 0.2) is 0 Å². The topological polar surface area (TPSA) is 44.8 Å². The van der Waals surface area contributed by atoms with Gasteiger partial charge in [0, 0.05) is 19.1 Å². The van der Waals surface area contributed by atoms with E-state index in [1.54, 1.807) is 7.11 Å². The van der Waals surface area contributed by atoms with Crippen LogP contribution >= 0.6 is 0 Å². The minimum atomic E-state index is 0.0117. The Morgan fingerprint density at radius 1 is 1.06 bits per heavy atom. The summed E-state index contributed by atoms with van der Waals surface area (Å²) >= 11 is 0. The Kier molecular flexibility index (Phi) is 7.42. The lowest BCUT2D eigenvalue weighted by Gasteiger charge is -2.45. The van der Waals surface area contributed by atoms with Gasteiger partial charge in [-0.1, -0.05) is 32.4 Å². The fourth-order valence-corrected chi connectivity index (χ4v) is 5.60. The normalized spacial score (nSPS) is 25.0. The predicted octanol–water partition coefficient (Wildman–Crippen LogP) is 5.08. The summed E-state index contributed by atoms with van der Waals surface area (Å²) in [5, 5.41) is 3.40. The summed E-state index contributed by atoms with van der Waals surface area (Å²) in [4.78, 5) is 18.4. The standard InChI is InChI=1S/C26H41N3O2/c1-19(2)25(21-11-13-23(31-3)14-12-21)27-26(30)29(17-20-9-10-20)18-22-7-6-16-28-15-5-4-8-24(22)28/h11-14,19-20,22,24-25H,4-10,15-18H2,1-3H3,(H,27,30). The molecule has 4 rings (SSSR count). The fourth-order valence-electron chi connectivity index (χ4n) is 5.60. The largest absolute Gasteiger partial charge is 0.497 e. The Balaban J connectivity index is 1.45. The van der Waals surface area contributed by atoms with Gasteiger partial charge in [-0.15, -0.1) is 0 Å². The zero-order valence-electron chi connectivity index (χ0n) is 19.7. The summed E-state index contributed by atoms with van der Waals surface area (Å²) in [7, 11) is 1.69. The van der Waals surface area contributed by atoms with Crippen LogP contribution in [-0.2, 0) is 0 Å². The molecule has 5 heteroatoms. The van der Waals surface area contributed by atoms with E-state index in [-0.39, 0.29) is 12.1 Å². The van der Waals surface area contributed by atoms with Crippen LogP contribution in [0.15, 0.2) is 24.3 Å². The molecule has 1 aliphatic carbocycles. The van der Waals surface area contributed by atoms with Crippen LogP contribution < -0.4 is 10.1 Å². The minimum Gasteiger partial charge on any atom is -0.497 e. The van der Waals surface area contributed by atoms with Gasteiger partial charge in [0.05, 0.1) is 13.2 Å². The van der Waals surface area contributed by atoms with E-state index in [9.17, 15) is 4.79 Å². The lowest BCUT2D eigenvalue weighted by atomic mass is 9.83. The summed E-state index contributed by atoms with van der Waals surface area (Å²) in [5.74, 6) is 2.50. The maximum absolute atomic E-state index is 13.5. The number of ether oxygens (including phenoxy) is 1. The van der Waals surface area contributed by atoms with Gasteiger partial charge in [-0.2, -0.15) is 0 Å². The number of urea groups is 1. The van der Waals surface area contributed by atoms with Gasteiger partial charge >= 0.3 is 6.03 Å². The van der Waals surface area contributed by atoms with Crippen LogP contribution in [0.3, 0.4) is 0 Å². The molecule has 2 heterocycles. The van der Waals surface area contributed by atoms with Crippen LogP contribution in [0, 0.1) is 17.8 Å². The van der Waals surface area contributed by atoms with Crippen LogP contribution in [0.1, 0.15) is 70.4 Å². The number of amides is 2. The molecule has 2 saturated heterocycles. The summed E-state index contributed by atoms with van der Waals surface area (Å²) in [6, 6.07) is 8.94. The Morgan fingerprint density at radius 3 is 2.48 bits per heavy atom. The van der Waals surface area contributed by atoms with E-state index in [4.69, 9.17) is 4.74 Å². The first-order chi connectivity index (χ1) is 15.0. The van der Waals surface area contributed by atoms with Crippen molar-refractivity contribution >= 4 is 6.03 Å². The molecule has 3 fully saturated rings. The number of nitrogens with one attached hydrogen (secondary N) is 1. The summed E-state index contributed by atoms with van der Waals surface area (Å²) in [5.41, 5.74) is 1.15. The van der Waals surface area contributed by atoms with Gasteiger partial charge in [0.2, 0.25) is 0 Å². The summed E-state index contributed by atoms with van der Waals surface area (Å²) < 4.78 is 5.31. The fraction of sp³-hybridized carbons (Fsp3) is 0.731. The molecular weight excluding hydrogens is 386 g/mol. The number of benzene rings is 1. The third kappa shape index (κ3) is 5.74. The first kappa shape index (κ1) is 22.4. The highest BCUT2D eigenvalue weighted by molar-refractivity contribution is 5.75. The van der Waals surface area contributed by atoms with Crippen molar-refractivity contribution in [3.63, 3.8) is 0 Å². The Morgan fingerprint density at radius 2 is 1.81 bits per heavy atom. The van der Waals surface area contributed by atoms with Crippen molar-refractivity contribution in [3.05, 3.63) is 29.8 Å². The summed E-state index contributed by atoms with van der Waals surface area (Å²) in [6.45, 7) is 8.70. The lowest BCUT2D eigenvalue weighted by molar-refractivity contribution is 0.0448. The molecule has 2 amide bonds. The highest BCUT2D eigenvalue weighted by atomic mass is 16.5.